The third kappa shape index (κ3) is 6.08. The third-order valence-corrected chi connectivity index (χ3v) is 5.98. The smallest absolute Gasteiger partial charge is 0.266 e. The second-order valence-corrected chi connectivity index (χ2v) is 9.37. The first-order valence-corrected chi connectivity index (χ1v) is 11.9. The summed E-state index contributed by atoms with van der Waals surface area (Å²) in [6.07, 6.45) is 4.36. The van der Waals surface area contributed by atoms with Crippen LogP contribution in [-0.4, -0.2) is 35.2 Å². The molecule has 0 saturated carbocycles. The van der Waals surface area contributed by atoms with Gasteiger partial charge in [-0.2, -0.15) is 0 Å². The van der Waals surface area contributed by atoms with Gasteiger partial charge < -0.3 is 9.47 Å². The summed E-state index contributed by atoms with van der Waals surface area (Å²) in [4.78, 5) is 20.2. The molecular weight excluding hydrogens is 432 g/mol. The van der Waals surface area contributed by atoms with E-state index in [0.717, 1.165) is 21.9 Å². The number of nitrogens with zero attached hydrogens (tertiary/aromatic N) is 2. The summed E-state index contributed by atoms with van der Waals surface area (Å²) < 4.78 is 11.8. The molecule has 1 fully saturated rings. The van der Waals surface area contributed by atoms with Gasteiger partial charge in [0.1, 0.15) is 6.61 Å². The van der Waals surface area contributed by atoms with Crippen molar-refractivity contribution in [2.24, 2.45) is 4.99 Å². The van der Waals surface area contributed by atoms with E-state index in [-0.39, 0.29) is 18.0 Å². The van der Waals surface area contributed by atoms with Crippen LogP contribution in [0.2, 0.25) is 0 Å². The van der Waals surface area contributed by atoms with Crippen molar-refractivity contribution in [1.29, 1.82) is 0 Å². The number of benzene rings is 2. The lowest BCUT2D eigenvalue weighted by Gasteiger charge is -2.20. The van der Waals surface area contributed by atoms with Crippen molar-refractivity contribution in [3.8, 4) is 11.5 Å². The van der Waals surface area contributed by atoms with Gasteiger partial charge >= 0.3 is 0 Å². The summed E-state index contributed by atoms with van der Waals surface area (Å²) in [5.41, 5.74) is 2.91. The van der Waals surface area contributed by atoms with E-state index in [0.29, 0.717) is 29.4 Å². The van der Waals surface area contributed by atoms with Crippen LogP contribution in [0.25, 0.3) is 6.08 Å². The van der Waals surface area contributed by atoms with Gasteiger partial charge in [-0.15, -0.1) is 6.58 Å². The number of hydrogen-bond acceptors (Lipinski definition) is 5. The van der Waals surface area contributed by atoms with Crippen LogP contribution in [-0.2, 0) is 17.8 Å². The quantitative estimate of drug-likeness (QED) is 0.333. The molecule has 2 aromatic carbocycles. The molecule has 0 radical (unpaired) electrons. The zero-order chi connectivity index (χ0) is 24.0. The highest BCUT2D eigenvalue weighted by molar-refractivity contribution is 8.18. The van der Waals surface area contributed by atoms with Crippen LogP contribution in [0.5, 0.6) is 11.5 Å². The summed E-state index contributed by atoms with van der Waals surface area (Å²) in [7, 11) is 1.63. The zero-order valence-corrected chi connectivity index (χ0v) is 20.8. The number of hydrogen-bond donors (Lipinski definition) is 0. The molecule has 0 atom stereocenters. The Labute approximate surface area is 201 Å². The van der Waals surface area contributed by atoms with Crippen molar-refractivity contribution in [3.05, 3.63) is 76.7 Å². The molecular formula is C27H32N2O3S. The minimum Gasteiger partial charge on any atom is -0.493 e. The van der Waals surface area contributed by atoms with Gasteiger partial charge in [0.2, 0.25) is 0 Å². The molecule has 0 N–H and O–H groups in total. The molecule has 174 valence electrons. The second-order valence-electron chi connectivity index (χ2n) is 8.36. The summed E-state index contributed by atoms with van der Waals surface area (Å²) in [5, 5.41) is 0.748. The Kier molecular flexibility index (Phi) is 8.39. The van der Waals surface area contributed by atoms with Crippen LogP contribution < -0.4 is 9.47 Å². The summed E-state index contributed by atoms with van der Waals surface area (Å²) >= 11 is 1.42. The Morgan fingerprint density at radius 3 is 2.48 bits per heavy atom. The topological polar surface area (TPSA) is 51.1 Å². The second kappa shape index (κ2) is 11.2. The maximum Gasteiger partial charge on any atom is 0.266 e. The van der Waals surface area contributed by atoms with E-state index < -0.39 is 0 Å². The Morgan fingerprint density at radius 1 is 1.15 bits per heavy atom. The highest BCUT2D eigenvalue weighted by Crippen LogP contribution is 2.38. The van der Waals surface area contributed by atoms with E-state index in [1.165, 1.54) is 11.8 Å². The fraction of sp³-hybridized carbons (Fsp3) is 0.333. The monoisotopic (exact) mass is 464 g/mol. The fourth-order valence-electron chi connectivity index (χ4n) is 3.52. The average molecular weight is 465 g/mol. The Bertz CT molecular complexity index is 1060. The summed E-state index contributed by atoms with van der Waals surface area (Å²) in [6, 6.07) is 14.1. The van der Waals surface area contributed by atoms with Crippen molar-refractivity contribution in [3.63, 3.8) is 0 Å². The van der Waals surface area contributed by atoms with Gasteiger partial charge in [-0.05, 0) is 75.2 Å². The first-order valence-electron chi connectivity index (χ1n) is 11.1. The van der Waals surface area contributed by atoms with Crippen molar-refractivity contribution in [2.75, 3.05) is 7.11 Å². The van der Waals surface area contributed by atoms with Gasteiger partial charge in [0.25, 0.3) is 5.91 Å². The molecule has 33 heavy (non-hydrogen) atoms. The first-order chi connectivity index (χ1) is 15.8. The van der Waals surface area contributed by atoms with Gasteiger partial charge in [-0.3, -0.25) is 14.7 Å². The van der Waals surface area contributed by atoms with Crippen molar-refractivity contribution in [1.82, 2.24) is 4.90 Å². The number of ether oxygens (including phenoxy) is 2. The van der Waals surface area contributed by atoms with Gasteiger partial charge in [0, 0.05) is 17.6 Å². The number of methoxy groups -OCH3 is 1. The number of thioether (sulfide) groups is 1. The number of carbonyl (C=O) groups is 1. The molecule has 3 rings (SSSR count). The van der Waals surface area contributed by atoms with Gasteiger partial charge in [0.15, 0.2) is 16.7 Å². The van der Waals surface area contributed by atoms with E-state index in [1.54, 1.807) is 12.0 Å². The van der Waals surface area contributed by atoms with E-state index in [4.69, 9.17) is 9.47 Å². The summed E-state index contributed by atoms with van der Waals surface area (Å²) in [6.45, 7) is 12.4. The molecule has 1 aliphatic heterocycles. The van der Waals surface area contributed by atoms with E-state index in [1.807, 2.05) is 82.3 Å². The number of amidine groups is 1. The van der Waals surface area contributed by atoms with Gasteiger partial charge in [-0.25, -0.2) is 0 Å². The molecule has 1 amide bonds. The van der Waals surface area contributed by atoms with E-state index in [2.05, 4.69) is 11.6 Å². The molecule has 0 unspecified atom stereocenters. The van der Waals surface area contributed by atoms with Crippen LogP contribution in [0.3, 0.4) is 0 Å². The molecule has 1 saturated heterocycles. The standard InChI is InChI=1S/C27H32N2O3S/c1-7-11-22-14-21(15-23(31-6)25(22)32-17-20-12-9-8-10-13-20)16-24-26(30)29(19(4)5)27(33-24)28-18(2)3/h7-10,12-16,18-19H,1,11,17H2,2-6H3/b24-16+,28-27?. The SMILES string of the molecule is C=CCc1cc(/C=C2/SC(=NC(C)C)N(C(C)C)C2=O)cc(OC)c1OCc1ccccc1. The minimum atomic E-state index is -0.0250. The molecule has 0 aromatic heterocycles. The number of amides is 1. The number of rotatable bonds is 9. The zero-order valence-electron chi connectivity index (χ0n) is 20.0. The largest absolute Gasteiger partial charge is 0.493 e. The maximum absolute atomic E-state index is 13.1. The molecule has 1 aliphatic rings. The lowest BCUT2D eigenvalue weighted by Crippen LogP contribution is -2.35. The fourth-order valence-corrected chi connectivity index (χ4v) is 4.76. The van der Waals surface area contributed by atoms with Crippen molar-refractivity contribution < 1.29 is 14.3 Å². The highest BCUT2D eigenvalue weighted by Gasteiger charge is 2.35. The minimum absolute atomic E-state index is 0.0250. The molecule has 5 nitrogen and oxygen atoms in total. The lowest BCUT2D eigenvalue weighted by atomic mass is 10.0. The summed E-state index contributed by atoms with van der Waals surface area (Å²) in [5.74, 6) is 1.30. The number of carbonyl (C=O) groups excluding carboxylic acids is 1. The van der Waals surface area contributed by atoms with Crippen molar-refractivity contribution >= 4 is 28.9 Å². The first kappa shape index (κ1) is 24.6. The Hall–Kier alpha value is -2.99. The molecule has 1 heterocycles. The number of allylic oxidation sites excluding steroid dienone is 1. The highest BCUT2D eigenvalue weighted by atomic mass is 32.2. The van der Waals surface area contributed by atoms with Crippen LogP contribution in [0, 0.1) is 0 Å². The Morgan fingerprint density at radius 2 is 1.88 bits per heavy atom. The molecule has 0 spiro atoms. The van der Waals surface area contributed by atoms with Crippen LogP contribution >= 0.6 is 11.8 Å². The van der Waals surface area contributed by atoms with Crippen molar-refractivity contribution in [2.45, 2.75) is 52.8 Å². The third-order valence-electron chi connectivity index (χ3n) is 4.98. The average Bonchev–Trinajstić information content (AvgIpc) is 3.07. The maximum atomic E-state index is 13.1. The van der Waals surface area contributed by atoms with Crippen LogP contribution in [0.4, 0.5) is 0 Å². The van der Waals surface area contributed by atoms with Crippen LogP contribution in [0.1, 0.15) is 44.4 Å². The van der Waals surface area contributed by atoms with Crippen LogP contribution in [0.15, 0.2) is 65.0 Å². The normalized spacial score (nSPS) is 16.3. The van der Waals surface area contributed by atoms with Gasteiger partial charge in [-0.1, -0.05) is 36.4 Å². The van der Waals surface area contributed by atoms with E-state index in [9.17, 15) is 4.79 Å². The molecule has 6 heteroatoms. The number of aliphatic imine (C=N–C) groups is 1. The predicted octanol–water partition coefficient (Wildman–Crippen LogP) is 6.09. The van der Waals surface area contributed by atoms with Gasteiger partial charge in [0.05, 0.1) is 12.0 Å². The molecule has 2 aromatic rings. The lowest BCUT2D eigenvalue weighted by molar-refractivity contribution is -0.123. The van der Waals surface area contributed by atoms with E-state index >= 15 is 0 Å². The predicted molar refractivity (Wildman–Crippen MR) is 138 cm³/mol. The molecule has 0 bridgehead atoms. The Balaban J connectivity index is 1.96. The molecule has 0 aliphatic carbocycles.